The maximum atomic E-state index is 13.2. The van der Waals surface area contributed by atoms with Crippen molar-refractivity contribution in [2.24, 2.45) is 0 Å². The van der Waals surface area contributed by atoms with Gasteiger partial charge in [-0.15, -0.1) is 0 Å². The Hall–Kier alpha value is -5.69. The molecule has 5 amide bonds. The number of imide groups is 2. The molecule has 1 unspecified atom stereocenters. The Morgan fingerprint density at radius 2 is 1.37 bits per heavy atom. The van der Waals surface area contributed by atoms with E-state index in [1.165, 1.54) is 30.3 Å². The molecule has 0 spiro atoms. The Kier molecular flexibility index (Phi) is 16.5. The summed E-state index contributed by atoms with van der Waals surface area (Å²) < 4.78 is 66.4. The summed E-state index contributed by atoms with van der Waals surface area (Å²) in [6.45, 7) is 2.57. The SMILES string of the molecule is O=C1CCC(N2C(=O)c3cccc(NC(=O)CCCCCOCCOCCOCCOCCOC(=O)c4ccccc4Nc4cccc(C(F)(F)F)c4)c3C2=O)C(=O)N1. The topological polar surface area (TPSA) is 188 Å². The van der Waals surface area contributed by atoms with Crippen LogP contribution in [0.25, 0.3) is 0 Å². The highest BCUT2D eigenvalue weighted by molar-refractivity contribution is 6.26. The lowest BCUT2D eigenvalue weighted by atomic mass is 10.0. The maximum Gasteiger partial charge on any atom is 0.416 e. The number of carbonyl (C=O) groups is 6. The lowest BCUT2D eigenvalue weighted by Crippen LogP contribution is -2.54. The number of unbranched alkanes of at least 4 members (excludes halogenated alkanes) is 2. The average molecular weight is 827 g/mol. The van der Waals surface area contributed by atoms with Gasteiger partial charge in [-0.3, -0.25) is 34.2 Å². The molecule has 316 valence electrons. The number of fused-ring (bicyclic) bond motifs is 1. The number of benzene rings is 3. The van der Waals surface area contributed by atoms with Crippen molar-refractivity contribution in [3.63, 3.8) is 0 Å². The van der Waals surface area contributed by atoms with Gasteiger partial charge in [0.2, 0.25) is 17.7 Å². The van der Waals surface area contributed by atoms with Crippen LogP contribution in [0, 0.1) is 0 Å². The normalized spacial score (nSPS) is 15.2. The molecule has 3 N–H and O–H groups in total. The van der Waals surface area contributed by atoms with Gasteiger partial charge in [0.05, 0.1) is 79.9 Å². The molecule has 1 saturated heterocycles. The van der Waals surface area contributed by atoms with E-state index in [9.17, 15) is 41.9 Å². The molecule has 2 aliphatic rings. The fraction of sp³-hybridized carbons (Fsp3) is 0.415. The van der Waals surface area contributed by atoms with Crippen molar-refractivity contribution in [1.29, 1.82) is 0 Å². The number of piperidine rings is 1. The Bertz CT molecular complexity index is 1980. The van der Waals surface area contributed by atoms with Gasteiger partial charge in [0.25, 0.3) is 11.8 Å². The minimum atomic E-state index is -4.50. The quantitative estimate of drug-likeness (QED) is 0.0640. The third-order valence-corrected chi connectivity index (χ3v) is 9.13. The first-order valence-corrected chi connectivity index (χ1v) is 19.1. The number of halogens is 3. The van der Waals surface area contributed by atoms with Crippen LogP contribution >= 0.6 is 0 Å². The van der Waals surface area contributed by atoms with Crippen LogP contribution in [0.4, 0.5) is 30.2 Å². The molecule has 2 aliphatic heterocycles. The monoisotopic (exact) mass is 826 g/mol. The summed E-state index contributed by atoms with van der Waals surface area (Å²) in [7, 11) is 0. The van der Waals surface area contributed by atoms with Gasteiger partial charge in [-0.05, 0) is 61.7 Å². The Labute approximate surface area is 337 Å². The molecular weight excluding hydrogens is 781 g/mol. The summed E-state index contributed by atoms with van der Waals surface area (Å²) in [4.78, 5) is 76.2. The maximum absolute atomic E-state index is 13.2. The van der Waals surface area contributed by atoms with Gasteiger partial charge in [-0.2, -0.15) is 13.2 Å². The van der Waals surface area contributed by atoms with E-state index in [0.717, 1.165) is 29.9 Å². The van der Waals surface area contributed by atoms with E-state index in [1.807, 2.05) is 0 Å². The second-order valence-electron chi connectivity index (χ2n) is 13.4. The number of esters is 1. The van der Waals surface area contributed by atoms with Gasteiger partial charge in [0, 0.05) is 25.1 Å². The van der Waals surface area contributed by atoms with E-state index >= 15 is 0 Å². The van der Waals surface area contributed by atoms with E-state index in [-0.39, 0.29) is 73.1 Å². The van der Waals surface area contributed by atoms with Crippen molar-refractivity contribution in [3.05, 3.63) is 89.0 Å². The number of hydrogen-bond donors (Lipinski definition) is 3. The highest BCUT2D eigenvalue weighted by Crippen LogP contribution is 2.33. The zero-order valence-corrected chi connectivity index (χ0v) is 32.1. The molecule has 0 saturated carbocycles. The Morgan fingerprint density at radius 1 is 0.729 bits per heavy atom. The molecule has 59 heavy (non-hydrogen) atoms. The predicted octanol–water partition coefficient (Wildman–Crippen LogP) is 5.27. The number of para-hydroxylation sites is 1. The molecule has 15 nitrogen and oxygen atoms in total. The smallest absolute Gasteiger partial charge is 0.416 e. The number of carbonyl (C=O) groups excluding carboxylic acids is 6. The third kappa shape index (κ3) is 12.9. The first kappa shape index (κ1) is 44.4. The largest absolute Gasteiger partial charge is 0.460 e. The molecular formula is C41H45F3N4O11. The van der Waals surface area contributed by atoms with E-state index in [2.05, 4.69) is 16.0 Å². The van der Waals surface area contributed by atoms with E-state index < -0.39 is 47.4 Å². The van der Waals surface area contributed by atoms with Crippen LogP contribution < -0.4 is 16.0 Å². The zero-order valence-electron chi connectivity index (χ0n) is 32.1. The molecule has 3 aromatic rings. The summed E-state index contributed by atoms with van der Waals surface area (Å²) in [6, 6.07) is 14.4. The molecule has 0 bridgehead atoms. The number of nitrogens with zero attached hydrogens (tertiary/aromatic N) is 1. The van der Waals surface area contributed by atoms with Crippen LogP contribution in [0.15, 0.2) is 66.7 Å². The number of rotatable bonds is 23. The van der Waals surface area contributed by atoms with Gasteiger partial charge in [0.1, 0.15) is 12.6 Å². The molecule has 0 aliphatic carbocycles. The third-order valence-electron chi connectivity index (χ3n) is 9.13. The van der Waals surface area contributed by atoms with Gasteiger partial charge in [0.15, 0.2) is 0 Å². The van der Waals surface area contributed by atoms with Crippen molar-refractivity contribution < 1.29 is 65.6 Å². The lowest BCUT2D eigenvalue weighted by Gasteiger charge is -2.27. The molecule has 1 atom stereocenters. The number of nitrogens with one attached hydrogen (secondary N) is 3. The molecule has 1 fully saturated rings. The Morgan fingerprint density at radius 3 is 2.07 bits per heavy atom. The second kappa shape index (κ2) is 21.9. The standard InChI is InChI=1S/C41H45F3N4O11/c42-41(43,44)27-8-6-9-28(26-27)45-31-12-4-3-10-29(31)40(54)59-25-24-58-23-22-57-21-20-56-19-18-55-17-5-1-2-14-34(49)46-32-13-7-11-30-36(32)39(53)48(38(30)52)33-15-16-35(50)47-37(33)51/h3-4,6-13,26,33,45H,1-2,5,14-25H2,(H,46,49)(H,47,50,51). The van der Waals surface area contributed by atoms with E-state index in [0.29, 0.717) is 51.7 Å². The first-order valence-electron chi connectivity index (χ1n) is 19.1. The van der Waals surface area contributed by atoms with Crippen molar-refractivity contribution in [2.45, 2.75) is 50.7 Å². The second-order valence-corrected chi connectivity index (χ2v) is 13.4. The van der Waals surface area contributed by atoms with Crippen LogP contribution in [0.1, 0.15) is 75.2 Å². The van der Waals surface area contributed by atoms with Crippen molar-refractivity contribution in [2.75, 3.05) is 70.1 Å². The highest BCUT2D eigenvalue weighted by Gasteiger charge is 2.45. The van der Waals surface area contributed by atoms with Gasteiger partial charge < -0.3 is 34.3 Å². The van der Waals surface area contributed by atoms with Crippen LogP contribution in [0.5, 0.6) is 0 Å². The van der Waals surface area contributed by atoms with Gasteiger partial charge in [-0.1, -0.05) is 30.7 Å². The van der Waals surface area contributed by atoms with E-state index in [4.69, 9.17) is 23.7 Å². The summed E-state index contributed by atoms with van der Waals surface area (Å²) in [5, 5.41) is 7.71. The molecule has 18 heteroatoms. The zero-order chi connectivity index (χ0) is 42.2. The van der Waals surface area contributed by atoms with Crippen LogP contribution in [-0.2, 0) is 44.2 Å². The number of anilines is 3. The van der Waals surface area contributed by atoms with Crippen LogP contribution in [0.2, 0.25) is 0 Å². The van der Waals surface area contributed by atoms with Crippen molar-refractivity contribution in [3.8, 4) is 0 Å². The van der Waals surface area contributed by atoms with Gasteiger partial charge in [-0.25, -0.2) is 4.79 Å². The van der Waals surface area contributed by atoms with Crippen molar-refractivity contribution in [1.82, 2.24) is 10.2 Å². The summed E-state index contributed by atoms with van der Waals surface area (Å²) in [5.74, 6) is -3.48. The van der Waals surface area contributed by atoms with Crippen molar-refractivity contribution >= 4 is 52.6 Å². The first-order chi connectivity index (χ1) is 28.4. The average Bonchev–Trinajstić information content (AvgIpc) is 3.46. The summed E-state index contributed by atoms with van der Waals surface area (Å²) >= 11 is 0. The molecule has 0 radical (unpaired) electrons. The number of alkyl halides is 3. The molecule has 0 aromatic heterocycles. The molecule has 5 rings (SSSR count). The fourth-order valence-electron chi connectivity index (χ4n) is 6.23. The minimum Gasteiger partial charge on any atom is -0.460 e. The number of hydrogen-bond acceptors (Lipinski definition) is 12. The van der Waals surface area contributed by atoms with Crippen LogP contribution in [-0.4, -0.2) is 106 Å². The van der Waals surface area contributed by atoms with Crippen LogP contribution in [0.3, 0.4) is 0 Å². The summed E-state index contributed by atoms with van der Waals surface area (Å²) in [5.41, 5.74) is 0.135. The van der Waals surface area contributed by atoms with E-state index in [1.54, 1.807) is 24.3 Å². The fourth-order valence-corrected chi connectivity index (χ4v) is 6.23. The Balaban J connectivity index is 0.838. The minimum absolute atomic E-state index is 0.00992. The highest BCUT2D eigenvalue weighted by atomic mass is 19.4. The number of ether oxygens (including phenoxy) is 5. The lowest BCUT2D eigenvalue weighted by molar-refractivity contribution is -0.138. The van der Waals surface area contributed by atoms with Gasteiger partial charge >= 0.3 is 12.1 Å². The molecule has 2 heterocycles. The molecule has 3 aromatic carbocycles. The predicted molar refractivity (Wildman–Crippen MR) is 205 cm³/mol. The number of amides is 5. The summed E-state index contributed by atoms with van der Waals surface area (Å²) in [6.07, 6.45) is -2.25.